The van der Waals surface area contributed by atoms with E-state index in [4.69, 9.17) is 4.74 Å². The van der Waals surface area contributed by atoms with Crippen molar-refractivity contribution in [2.75, 3.05) is 17.7 Å². The van der Waals surface area contributed by atoms with Gasteiger partial charge in [0.15, 0.2) is 10.9 Å². The Morgan fingerprint density at radius 3 is 2.42 bits per heavy atom. The molecule has 9 heteroatoms. The zero-order chi connectivity index (χ0) is 24.1. The molecule has 0 spiro atoms. The van der Waals surface area contributed by atoms with Crippen LogP contribution in [0, 0.1) is 20.8 Å². The van der Waals surface area contributed by atoms with E-state index in [-0.39, 0.29) is 29.6 Å². The van der Waals surface area contributed by atoms with Crippen molar-refractivity contribution in [3.05, 3.63) is 57.6 Å². The first kappa shape index (κ1) is 24.6. The Balaban J connectivity index is 1.76. The third kappa shape index (κ3) is 6.06. The summed E-state index contributed by atoms with van der Waals surface area (Å²) in [5.41, 5.74) is 4.46. The molecule has 0 fully saturated rings. The molecule has 0 unspecified atom stereocenters. The smallest absolute Gasteiger partial charge is 0.341 e. The third-order valence-electron chi connectivity index (χ3n) is 4.71. The van der Waals surface area contributed by atoms with Gasteiger partial charge < -0.3 is 10.1 Å². The van der Waals surface area contributed by atoms with Gasteiger partial charge in [-0.05, 0) is 46.2 Å². The van der Waals surface area contributed by atoms with E-state index in [1.54, 1.807) is 13.8 Å². The number of nitrogens with zero attached hydrogens (tertiary/aromatic N) is 2. The number of hydrogen-bond donors (Lipinski definition) is 1. The number of amides is 1. The number of ether oxygens (including phenoxy) is 1. The number of ketones is 1. The summed E-state index contributed by atoms with van der Waals surface area (Å²) in [6.07, 6.45) is 0. The molecule has 172 valence electrons. The summed E-state index contributed by atoms with van der Waals surface area (Å²) in [6, 6.07) is 9.94. The first-order valence-electron chi connectivity index (χ1n) is 10.4. The van der Waals surface area contributed by atoms with Crippen molar-refractivity contribution in [1.29, 1.82) is 0 Å². The second-order valence-electron chi connectivity index (χ2n) is 7.42. The zero-order valence-electron chi connectivity index (χ0n) is 19.1. The summed E-state index contributed by atoms with van der Waals surface area (Å²) < 4.78 is 5.11. The molecule has 3 aromatic rings. The minimum Gasteiger partial charge on any atom is -0.462 e. The van der Waals surface area contributed by atoms with E-state index in [1.165, 1.54) is 18.7 Å². The van der Waals surface area contributed by atoms with Crippen LogP contribution in [0.4, 0.5) is 5.00 Å². The fourth-order valence-electron chi connectivity index (χ4n) is 3.16. The van der Waals surface area contributed by atoms with Crippen molar-refractivity contribution in [2.45, 2.75) is 39.8 Å². The quantitative estimate of drug-likeness (QED) is 0.202. The van der Waals surface area contributed by atoms with E-state index in [9.17, 15) is 14.4 Å². The maximum atomic E-state index is 12.7. The molecule has 0 atom stereocenters. The maximum Gasteiger partial charge on any atom is 0.341 e. The summed E-state index contributed by atoms with van der Waals surface area (Å²) in [5, 5.41) is 3.55. The van der Waals surface area contributed by atoms with Gasteiger partial charge in [-0.1, -0.05) is 41.6 Å². The van der Waals surface area contributed by atoms with Crippen LogP contribution in [0.5, 0.6) is 0 Å². The van der Waals surface area contributed by atoms with Crippen LogP contribution in [0.15, 0.2) is 35.5 Å². The van der Waals surface area contributed by atoms with E-state index < -0.39 is 5.97 Å². The average molecular weight is 484 g/mol. The molecule has 0 aliphatic heterocycles. The summed E-state index contributed by atoms with van der Waals surface area (Å²) >= 11 is 2.28. The molecule has 0 radical (unpaired) electrons. The Kier molecular flexibility index (Phi) is 7.99. The lowest BCUT2D eigenvalue weighted by atomic mass is 10.1. The van der Waals surface area contributed by atoms with Crippen LogP contribution in [-0.2, 0) is 9.53 Å². The molecule has 0 aliphatic carbocycles. The summed E-state index contributed by atoms with van der Waals surface area (Å²) in [7, 11) is 0. The normalized spacial score (nSPS) is 10.7. The van der Waals surface area contributed by atoms with Crippen LogP contribution in [0.2, 0.25) is 0 Å². The fraction of sp³-hybridized carbons (Fsp3) is 0.292. The summed E-state index contributed by atoms with van der Waals surface area (Å²) in [5.74, 6) is -1.02. The number of nitrogens with one attached hydrogen (secondary N) is 1. The molecule has 0 aliphatic rings. The molecule has 7 nitrogen and oxygen atoms in total. The topological polar surface area (TPSA) is 98.2 Å². The summed E-state index contributed by atoms with van der Waals surface area (Å²) in [4.78, 5) is 46.4. The lowest BCUT2D eigenvalue weighted by Crippen LogP contribution is -2.16. The van der Waals surface area contributed by atoms with Gasteiger partial charge >= 0.3 is 5.97 Å². The number of Topliss-reactive ketones (excluding diaryl/α,β-unsaturated/α-hetero) is 1. The Bertz CT molecular complexity index is 1200. The van der Waals surface area contributed by atoms with Gasteiger partial charge in [0.25, 0.3) is 0 Å². The molecule has 1 N–H and O–H groups in total. The van der Waals surface area contributed by atoms with Crippen LogP contribution < -0.4 is 5.32 Å². The van der Waals surface area contributed by atoms with Crippen molar-refractivity contribution in [2.24, 2.45) is 0 Å². The molecule has 0 saturated carbocycles. The van der Waals surface area contributed by atoms with Gasteiger partial charge in [0.2, 0.25) is 5.91 Å². The highest BCUT2D eigenvalue weighted by atomic mass is 32.2. The van der Waals surface area contributed by atoms with E-state index in [0.29, 0.717) is 20.6 Å². The van der Waals surface area contributed by atoms with Gasteiger partial charge in [-0.3, -0.25) is 9.59 Å². The largest absolute Gasteiger partial charge is 0.462 e. The molecule has 2 heterocycles. The number of aryl methyl sites for hydroxylation is 2. The standard InChI is InChI=1S/C24H25N3O4S2/c1-6-31-23(30)20-15(4)21(16(5)28)33-22(20)27-19(29)12-32-24-25-14(3)11-18(26-24)17-9-7-13(2)8-10-17/h7-11H,6,12H2,1-5H3,(H,27,29). The maximum absolute atomic E-state index is 12.7. The number of benzene rings is 1. The van der Waals surface area contributed by atoms with E-state index >= 15 is 0 Å². The van der Waals surface area contributed by atoms with Crippen molar-refractivity contribution < 1.29 is 19.1 Å². The van der Waals surface area contributed by atoms with Gasteiger partial charge in [0.05, 0.1) is 28.5 Å². The van der Waals surface area contributed by atoms with Gasteiger partial charge in [0.1, 0.15) is 5.00 Å². The molecular weight excluding hydrogens is 458 g/mol. The highest BCUT2D eigenvalue weighted by Gasteiger charge is 2.25. The van der Waals surface area contributed by atoms with Crippen LogP contribution in [0.25, 0.3) is 11.3 Å². The molecule has 1 amide bonds. The average Bonchev–Trinajstić information content (AvgIpc) is 3.08. The summed E-state index contributed by atoms with van der Waals surface area (Å²) in [6.45, 7) is 8.91. The Labute approximate surface area is 201 Å². The lowest BCUT2D eigenvalue weighted by Gasteiger charge is -2.08. The van der Waals surface area contributed by atoms with Crippen LogP contribution in [0.1, 0.15) is 50.7 Å². The Hall–Kier alpha value is -3.04. The van der Waals surface area contributed by atoms with Crippen LogP contribution >= 0.6 is 23.1 Å². The number of anilines is 1. The molecule has 1 aromatic carbocycles. The van der Waals surface area contributed by atoms with Crippen molar-refractivity contribution in [1.82, 2.24) is 9.97 Å². The predicted molar refractivity (Wildman–Crippen MR) is 131 cm³/mol. The number of rotatable bonds is 8. The first-order chi connectivity index (χ1) is 15.7. The monoisotopic (exact) mass is 483 g/mol. The van der Waals surface area contributed by atoms with Crippen molar-refractivity contribution in [3.63, 3.8) is 0 Å². The second kappa shape index (κ2) is 10.7. The number of hydrogen-bond acceptors (Lipinski definition) is 8. The molecule has 0 bridgehead atoms. The molecule has 0 saturated heterocycles. The molecular formula is C24H25N3O4S2. The van der Waals surface area contributed by atoms with Gasteiger partial charge in [-0.15, -0.1) is 11.3 Å². The minimum absolute atomic E-state index is 0.0470. The van der Waals surface area contributed by atoms with Crippen LogP contribution in [0.3, 0.4) is 0 Å². The minimum atomic E-state index is -0.563. The predicted octanol–water partition coefficient (Wildman–Crippen LogP) is 5.24. The van der Waals surface area contributed by atoms with Gasteiger partial charge in [-0.25, -0.2) is 14.8 Å². The Morgan fingerprint density at radius 1 is 1.09 bits per heavy atom. The highest BCUT2D eigenvalue weighted by Crippen LogP contribution is 2.34. The third-order valence-corrected chi connectivity index (χ3v) is 6.87. The SMILES string of the molecule is CCOC(=O)c1c(NC(=O)CSc2nc(C)cc(-c3ccc(C)cc3)n2)sc(C(C)=O)c1C. The van der Waals surface area contributed by atoms with E-state index in [1.807, 2.05) is 44.2 Å². The molecule has 2 aromatic heterocycles. The van der Waals surface area contributed by atoms with Gasteiger partial charge in [0, 0.05) is 11.3 Å². The molecule has 33 heavy (non-hydrogen) atoms. The highest BCUT2D eigenvalue weighted by molar-refractivity contribution is 7.99. The lowest BCUT2D eigenvalue weighted by molar-refractivity contribution is -0.113. The van der Waals surface area contributed by atoms with E-state index in [0.717, 1.165) is 33.9 Å². The van der Waals surface area contributed by atoms with Crippen molar-refractivity contribution in [3.8, 4) is 11.3 Å². The van der Waals surface area contributed by atoms with E-state index in [2.05, 4.69) is 15.3 Å². The first-order valence-corrected chi connectivity index (χ1v) is 12.2. The number of carbonyl (C=O) groups excluding carboxylic acids is 3. The van der Waals surface area contributed by atoms with Crippen LogP contribution in [-0.4, -0.2) is 40.0 Å². The molecule has 3 rings (SSSR count). The number of carbonyl (C=O) groups is 3. The number of thiophene rings is 1. The zero-order valence-corrected chi connectivity index (χ0v) is 20.8. The number of thioether (sulfide) groups is 1. The van der Waals surface area contributed by atoms with Crippen molar-refractivity contribution >= 4 is 45.8 Å². The number of esters is 1. The van der Waals surface area contributed by atoms with Gasteiger partial charge in [-0.2, -0.15) is 0 Å². The fourth-order valence-corrected chi connectivity index (χ4v) is 4.97. The Morgan fingerprint density at radius 2 is 1.79 bits per heavy atom. The number of aromatic nitrogens is 2. The second-order valence-corrected chi connectivity index (χ2v) is 9.38.